The third-order valence-corrected chi connectivity index (χ3v) is 4.68. The Morgan fingerprint density at radius 3 is 2.23 bits per heavy atom. The Balaban J connectivity index is 1.83. The number of nitro groups is 2. The van der Waals surface area contributed by atoms with Gasteiger partial charge in [0.15, 0.2) is 0 Å². The number of nitrogens with zero attached hydrogens (tertiary/aromatic N) is 5. The Kier molecular flexibility index (Phi) is 6.28. The number of hydrogen-bond acceptors (Lipinski definition) is 7. The van der Waals surface area contributed by atoms with Crippen molar-refractivity contribution >= 4 is 46.7 Å². The Labute approximate surface area is 184 Å². The van der Waals surface area contributed by atoms with Crippen molar-refractivity contribution < 1.29 is 14.6 Å². The fourth-order valence-electron chi connectivity index (χ4n) is 2.57. The Hall–Kier alpha value is -3.83. The van der Waals surface area contributed by atoms with Crippen molar-refractivity contribution in [2.24, 2.45) is 5.10 Å². The van der Waals surface area contributed by atoms with E-state index in [-0.39, 0.29) is 10.7 Å². The Bertz CT molecular complexity index is 1190. The van der Waals surface area contributed by atoms with E-state index in [2.05, 4.69) is 15.6 Å². The van der Waals surface area contributed by atoms with Crippen molar-refractivity contribution in [1.82, 2.24) is 15.2 Å². The van der Waals surface area contributed by atoms with Crippen LogP contribution in [0, 0.1) is 27.2 Å². The topological polar surface area (TPSA) is 146 Å². The van der Waals surface area contributed by atoms with Crippen molar-refractivity contribution in [2.45, 2.75) is 6.92 Å². The molecular formula is C18H12Cl2N6O5. The number of benzene rings is 2. The molecule has 0 fully saturated rings. The second-order valence-corrected chi connectivity index (χ2v) is 6.92. The first kappa shape index (κ1) is 21.9. The number of hydrazone groups is 1. The van der Waals surface area contributed by atoms with E-state index in [9.17, 15) is 25.0 Å². The molecule has 0 atom stereocenters. The minimum absolute atomic E-state index is 0.226. The molecule has 2 aromatic carbocycles. The summed E-state index contributed by atoms with van der Waals surface area (Å²) in [6.07, 6.45) is 1.25. The lowest BCUT2D eigenvalue weighted by Crippen LogP contribution is -2.18. The van der Waals surface area contributed by atoms with Crippen LogP contribution in [0.15, 0.2) is 47.6 Å². The highest BCUT2D eigenvalue weighted by molar-refractivity contribution is 6.32. The number of amides is 1. The Morgan fingerprint density at radius 2 is 1.68 bits per heavy atom. The number of halogens is 2. The number of nitrogens with one attached hydrogen (secondary N) is 1. The standard InChI is InChI=1S/C18H12Cl2N6O5/c1-10-16(17(20)24(23-10)13-4-2-12(19)3-5-13)9-21-22-18(27)11-6-14(25(28)29)8-15(7-11)26(30)31/h2-9H,1H3,(H,22,27)/b21-9-. The van der Waals surface area contributed by atoms with Crippen LogP contribution in [-0.2, 0) is 0 Å². The van der Waals surface area contributed by atoms with E-state index in [0.29, 0.717) is 22.0 Å². The van der Waals surface area contributed by atoms with Crippen LogP contribution in [0.25, 0.3) is 5.69 Å². The monoisotopic (exact) mass is 462 g/mol. The second-order valence-electron chi connectivity index (χ2n) is 6.13. The number of carbonyl (C=O) groups excluding carboxylic acids is 1. The molecule has 11 nitrogen and oxygen atoms in total. The zero-order valence-electron chi connectivity index (χ0n) is 15.7. The highest BCUT2D eigenvalue weighted by Gasteiger charge is 2.20. The number of carbonyl (C=O) groups is 1. The molecule has 0 saturated carbocycles. The number of rotatable bonds is 6. The van der Waals surface area contributed by atoms with Crippen molar-refractivity contribution in [3.8, 4) is 5.69 Å². The molecule has 1 heterocycles. The van der Waals surface area contributed by atoms with Gasteiger partial charge in [0, 0.05) is 17.2 Å². The van der Waals surface area contributed by atoms with Gasteiger partial charge in [0.05, 0.1) is 44.6 Å². The van der Waals surface area contributed by atoms with E-state index >= 15 is 0 Å². The number of hydrogen-bond donors (Lipinski definition) is 1. The van der Waals surface area contributed by atoms with Gasteiger partial charge in [0.1, 0.15) is 5.15 Å². The number of aryl methyl sites for hydroxylation is 1. The Morgan fingerprint density at radius 1 is 1.10 bits per heavy atom. The van der Waals surface area contributed by atoms with Gasteiger partial charge < -0.3 is 0 Å². The molecule has 3 aromatic rings. The van der Waals surface area contributed by atoms with Gasteiger partial charge in [-0.2, -0.15) is 10.2 Å². The SMILES string of the molecule is Cc1nn(-c2ccc(Cl)cc2)c(Cl)c1/C=N\NC(=O)c1cc([N+](=O)[O-])cc([N+](=O)[O-])c1. The van der Waals surface area contributed by atoms with Gasteiger partial charge in [-0.1, -0.05) is 23.2 Å². The van der Waals surface area contributed by atoms with Crippen molar-refractivity contribution in [1.29, 1.82) is 0 Å². The smallest absolute Gasteiger partial charge is 0.267 e. The lowest BCUT2D eigenvalue weighted by Gasteiger charge is -2.03. The van der Waals surface area contributed by atoms with Crippen LogP contribution in [0.2, 0.25) is 10.2 Å². The molecular weight excluding hydrogens is 451 g/mol. The second kappa shape index (κ2) is 8.90. The highest BCUT2D eigenvalue weighted by Crippen LogP contribution is 2.24. The molecule has 158 valence electrons. The summed E-state index contributed by atoms with van der Waals surface area (Å²) >= 11 is 12.2. The van der Waals surface area contributed by atoms with Crippen LogP contribution in [0.5, 0.6) is 0 Å². The summed E-state index contributed by atoms with van der Waals surface area (Å²) in [4.78, 5) is 32.5. The van der Waals surface area contributed by atoms with E-state index < -0.39 is 27.1 Å². The fraction of sp³-hybridized carbons (Fsp3) is 0.0556. The molecule has 0 bridgehead atoms. The van der Waals surface area contributed by atoms with Gasteiger partial charge in [0.2, 0.25) is 0 Å². The van der Waals surface area contributed by atoms with Gasteiger partial charge in [-0.15, -0.1) is 0 Å². The summed E-state index contributed by atoms with van der Waals surface area (Å²) in [7, 11) is 0. The number of non-ortho nitro benzene ring substituents is 2. The zero-order valence-corrected chi connectivity index (χ0v) is 17.2. The van der Waals surface area contributed by atoms with Gasteiger partial charge in [-0.05, 0) is 31.2 Å². The summed E-state index contributed by atoms with van der Waals surface area (Å²) in [5.74, 6) is -0.873. The molecule has 0 spiro atoms. The maximum absolute atomic E-state index is 12.3. The first-order chi connectivity index (χ1) is 14.7. The lowest BCUT2D eigenvalue weighted by molar-refractivity contribution is -0.394. The van der Waals surface area contributed by atoms with Crippen molar-refractivity contribution in [2.75, 3.05) is 0 Å². The summed E-state index contributed by atoms with van der Waals surface area (Å²) in [5.41, 5.74) is 2.28. The van der Waals surface area contributed by atoms with Crippen molar-refractivity contribution in [3.05, 3.63) is 89.7 Å². The van der Waals surface area contributed by atoms with Crippen LogP contribution in [0.4, 0.5) is 11.4 Å². The van der Waals surface area contributed by atoms with E-state index in [4.69, 9.17) is 23.2 Å². The van der Waals surface area contributed by atoms with E-state index in [1.165, 1.54) is 10.9 Å². The summed E-state index contributed by atoms with van der Waals surface area (Å²) < 4.78 is 1.46. The van der Waals surface area contributed by atoms with E-state index in [1.807, 2.05) is 0 Å². The third kappa shape index (κ3) is 4.85. The van der Waals surface area contributed by atoms with E-state index in [0.717, 1.165) is 18.2 Å². The average Bonchev–Trinajstić information content (AvgIpc) is 3.02. The first-order valence-electron chi connectivity index (χ1n) is 8.45. The first-order valence-corrected chi connectivity index (χ1v) is 9.21. The summed E-state index contributed by atoms with van der Waals surface area (Å²) in [6.45, 7) is 1.69. The van der Waals surface area contributed by atoms with Gasteiger partial charge in [-0.3, -0.25) is 25.0 Å². The van der Waals surface area contributed by atoms with Crippen LogP contribution in [0.3, 0.4) is 0 Å². The number of nitro benzene ring substituents is 2. The largest absolute Gasteiger partial charge is 0.277 e. The quantitative estimate of drug-likeness (QED) is 0.331. The molecule has 0 aliphatic heterocycles. The van der Waals surface area contributed by atoms with E-state index in [1.54, 1.807) is 31.2 Å². The maximum atomic E-state index is 12.3. The van der Waals surface area contributed by atoms with Crippen LogP contribution < -0.4 is 5.43 Å². The lowest BCUT2D eigenvalue weighted by atomic mass is 10.1. The predicted molar refractivity (Wildman–Crippen MR) is 113 cm³/mol. The van der Waals surface area contributed by atoms with Crippen LogP contribution in [-0.4, -0.2) is 31.7 Å². The molecule has 3 rings (SSSR count). The highest BCUT2D eigenvalue weighted by atomic mass is 35.5. The molecule has 0 radical (unpaired) electrons. The molecule has 0 aliphatic rings. The minimum atomic E-state index is -0.873. The minimum Gasteiger partial charge on any atom is -0.267 e. The molecule has 0 aliphatic carbocycles. The van der Waals surface area contributed by atoms with Crippen molar-refractivity contribution in [3.63, 3.8) is 0 Å². The van der Waals surface area contributed by atoms with Crippen LogP contribution >= 0.6 is 23.2 Å². The summed E-state index contributed by atoms with van der Waals surface area (Å²) in [6, 6.07) is 9.38. The fourth-order valence-corrected chi connectivity index (χ4v) is 3.02. The zero-order chi connectivity index (χ0) is 22.7. The molecule has 31 heavy (non-hydrogen) atoms. The molecule has 13 heteroatoms. The molecule has 0 saturated heterocycles. The number of aromatic nitrogens is 2. The molecule has 0 unspecified atom stereocenters. The average molecular weight is 463 g/mol. The normalized spacial score (nSPS) is 10.9. The van der Waals surface area contributed by atoms with Gasteiger partial charge >= 0.3 is 0 Å². The maximum Gasteiger partial charge on any atom is 0.277 e. The summed E-state index contributed by atoms with van der Waals surface area (Å²) in [5, 5.41) is 30.8. The molecule has 1 N–H and O–H groups in total. The third-order valence-electron chi connectivity index (χ3n) is 4.07. The van der Waals surface area contributed by atoms with Gasteiger partial charge in [-0.25, -0.2) is 10.1 Å². The predicted octanol–water partition coefficient (Wildman–Crippen LogP) is 4.07. The molecule has 1 amide bonds. The molecule has 1 aromatic heterocycles. The van der Waals surface area contributed by atoms with Crippen LogP contribution in [0.1, 0.15) is 21.6 Å². The van der Waals surface area contributed by atoms with Gasteiger partial charge in [0.25, 0.3) is 17.3 Å².